The molecule has 0 saturated carbocycles. The van der Waals surface area contributed by atoms with Gasteiger partial charge in [-0.25, -0.2) is 4.79 Å². The summed E-state index contributed by atoms with van der Waals surface area (Å²) in [4.78, 5) is 41.7. The first kappa shape index (κ1) is 31.2. The zero-order chi connectivity index (χ0) is 27.2. The van der Waals surface area contributed by atoms with Crippen LogP contribution in [0.1, 0.15) is 77.4 Å². The molecule has 0 aromatic carbocycles. The van der Waals surface area contributed by atoms with E-state index in [2.05, 4.69) is 22.5 Å². The molecule has 2 heterocycles. The van der Waals surface area contributed by atoms with E-state index >= 15 is 0 Å². The number of carbonyl (C=O) groups is 2. The molecule has 0 aliphatic carbocycles. The first-order valence-electron chi connectivity index (χ1n) is 13.1. The standard InChI is InChI=1S/C25H42N4O7S/c1-3-4-5-6-7-8-9-10-11-20(31)26-17(13-15-37-2)23(34)27-19-12-14-29(25(35)28-19)24-22(33)21(32)18(16-30)36-24/h12,14,17-18,21-22,24,30,32-33H,3-11,13,15-16H2,1-2H3,(H,26,31)(H,27,28,34,35)/t17-,18-,21-,22+,24-/m0/s1. The van der Waals surface area contributed by atoms with Crippen molar-refractivity contribution < 1.29 is 29.6 Å². The number of unbranched alkanes of at least 4 members (excludes halogenated alkanes) is 7. The maximum Gasteiger partial charge on any atom is 0.351 e. The molecule has 37 heavy (non-hydrogen) atoms. The molecule has 1 aliphatic rings. The summed E-state index contributed by atoms with van der Waals surface area (Å²) >= 11 is 1.56. The Morgan fingerprint density at radius 3 is 2.41 bits per heavy atom. The van der Waals surface area contributed by atoms with Crippen LogP contribution in [0.5, 0.6) is 0 Å². The van der Waals surface area contributed by atoms with Crippen molar-refractivity contribution in [2.45, 2.75) is 102 Å². The summed E-state index contributed by atoms with van der Waals surface area (Å²) in [6.07, 6.45) is 7.97. The van der Waals surface area contributed by atoms with Crippen molar-refractivity contribution in [1.82, 2.24) is 14.9 Å². The molecule has 1 fully saturated rings. The molecule has 1 aliphatic heterocycles. The van der Waals surface area contributed by atoms with Crippen LogP contribution in [0.25, 0.3) is 0 Å². The Kier molecular flexibility index (Phi) is 14.2. The van der Waals surface area contributed by atoms with Gasteiger partial charge in [-0.1, -0.05) is 51.9 Å². The van der Waals surface area contributed by atoms with Crippen molar-refractivity contribution >= 4 is 29.4 Å². The number of hydrogen-bond acceptors (Lipinski definition) is 9. The summed E-state index contributed by atoms with van der Waals surface area (Å²) in [5.74, 6) is -0.00325. The van der Waals surface area contributed by atoms with Crippen molar-refractivity contribution in [3.05, 3.63) is 22.7 Å². The molecule has 12 heteroatoms. The fourth-order valence-electron chi connectivity index (χ4n) is 4.19. The van der Waals surface area contributed by atoms with E-state index in [-0.39, 0.29) is 11.7 Å². The lowest BCUT2D eigenvalue weighted by molar-refractivity contribution is -0.126. The molecule has 2 amide bonds. The van der Waals surface area contributed by atoms with Crippen molar-refractivity contribution in [3.8, 4) is 0 Å². The second-order valence-corrected chi connectivity index (χ2v) is 10.3. The van der Waals surface area contributed by atoms with Crippen LogP contribution in [0, 0.1) is 0 Å². The van der Waals surface area contributed by atoms with Crippen molar-refractivity contribution in [3.63, 3.8) is 0 Å². The van der Waals surface area contributed by atoms with Gasteiger partial charge in [0, 0.05) is 12.6 Å². The van der Waals surface area contributed by atoms with Gasteiger partial charge in [0.2, 0.25) is 11.8 Å². The molecule has 0 spiro atoms. The Balaban J connectivity index is 1.89. The SMILES string of the molecule is CCCCCCCCCCC(=O)N[C@@H](CCSC)C(=O)Nc1ccn([C@H]2O[C@@H](CO)[C@H](O)[C@H]2O)c(=O)n1. The molecule has 1 aromatic rings. The van der Waals surface area contributed by atoms with Gasteiger partial charge in [-0.15, -0.1) is 0 Å². The first-order valence-corrected chi connectivity index (χ1v) is 14.5. The van der Waals surface area contributed by atoms with Gasteiger partial charge < -0.3 is 30.7 Å². The predicted molar refractivity (Wildman–Crippen MR) is 142 cm³/mol. The maximum absolute atomic E-state index is 12.9. The average molecular weight is 543 g/mol. The van der Waals surface area contributed by atoms with Crippen LogP contribution in [0.2, 0.25) is 0 Å². The third-order valence-corrected chi connectivity index (χ3v) is 7.04. The quantitative estimate of drug-likeness (QED) is 0.184. The fraction of sp³-hybridized carbons (Fsp3) is 0.760. The number of aromatic nitrogens is 2. The molecule has 5 N–H and O–H groups in total. The van der Waals surface area contributed by atoms with E-state index in [9.17, 15) is 29.7 Å². The molecule has 1 saturated heterocycles. The number of nitrogens with one attached hydrogen (secondary N) is 2. The Hall–Kier alpha value is -1.99. The monoisotopic (exact) mass is 542 g/mol. The highest BCUT2D eigenvalue weighted by atomic mass is 32.2. The number of ether oxygens (including phenoxy) is 1. The van der Waals surface area contributed by atoms with Crippen LogP contribution in [0.3, 0.4) is 0 Å². The van der Waals surface area contributed by atoms with Gasteiger partial charge in [-0.2, -0.15) is 16.7 Å². The minimum Gasteiger partial charge on any atom is -0.394 e. The van der Waals surface area contributed by atoms with Gasteiger partial charge in [0.15, 0.2) is 6.23 Å². The Labute approximate surface area is 222 Å². The predicted octanol–water partition coefficient (Wildman–Crippen LogP) is 1.56. The first-order chi connectivity index (χ1) is 17.8. The van der Waals surface area contributed by atoms with Crippen LogP contribution >= 0.6 is 11.8 Å². The van der Waals surface area contributed by atoms with Gasteiger partial charge in [0.1, 0.15) is 30.2 Å². The third-order valence-electron chi connectivity index (χ3n) is 6.39. The number of anilines is 1. The lowest BCUT2D eigenvalue weighted by atomic mass is 10.1. The average Bonchev–Trinajstić information content (AvgIpc) is 3.16. The number of aliphatic hydroxyl groups is 3. The molecule has 210 valence electrons. The molecule has 11 nitrogen and oxygen atoms in total. The number of amides is 2. The van der Waals surface area contributed by atoms with Gasteiger partial charge in [0.25, 0.3) is 0 Å². The molecule has 0 unspecified atom stereocenters. The number of nitrogens with zero attached hydrogens (tertiary/aromatic N) is 2. The molecule has 2 rings (SSSR count). The number of aliphatic hydroxyl groups excluding tert-OH is 3. The molecule has 5 atom stereocenters. The van der Waals surface area contributed by atoms with Crippen LogP contribution < -0.4 is 16.3 Å². The normalized spacial score (nSPS) is 22.1. The van der Waals surface area contributed by atoms with E-state index in [1.807, 2.05) is 6.26 Å². The highest BCUT2D eigenvalue weighted by molar-refractivity contribution is 7.98. The molecular formula is C25H42N4O7S. The van der Waals surface area contributed by atoms with Gasteiger partial charge in [0.05, 0.1) is 6.61 Å². The smallest absolute Gasteiger partial charge is 0.351 e. The van der Waals surface area contributed by atoms with E-state index < -0.39 is 48.8 Å². The number of thioether (sulfide) groups is 1. The lowest BCUT2D eigenvalue weighted by Crippen LogP contribution is -2.44. The van der Waals surface area contributed by atoms with Crippen molar-refractivity contribution in [1.29, 1.82) is 0 Å². The van der Waals surface area contributed by atoms with Crippen molar-refractivity contribution in [2.75, 3.05) is 23.9 Å². The number of rotatable bonds is 17. The fourth-order valence-corrected chi connectivity index (χ4v) is 4.66. The Morgan fingerprint density at radius 1 is 1.14 bits per heavy atom. The van der Waals surface area contributed by atoms with E-state index in [4.69, 9.17) is 4.74 Å². The highest BCUT2D eigenvalue weighted by Crippen LogP contribution is 2.28. The second kappa shape index (κ2) is 16.8. The molecule has 0 bridgehead atoms. The Morgan fingerprint density at radius 2 is 1.81 bits per heavy atom. The molecular weight excluding hydrogens is 500 g/mol. The van der Waals surface area contributed by atoms with E-state index in [0.29, 0.717) is 18.6 Å². The zero-order valence-electron chi connectivity index (χ0n) is 21.8. The highest BCUT2D eigenvalue weighted by Gasteiger charge is 2.43. The van der Waals surface area contributed by atoms with E-state index in [1.54, 1.807) is 11.8 Å². The summed E-state index contributed by atoms with van der Waals surface area (Å²) in [5.41, 5.74) is -0.813. The van der Waals surface area contributed by atoms with Crippen LogP contribution in [-0.4, -0.2) is 79.7 Å². The lowest BCUT2D eigenvalue weighted by Gasteiger charge is -2.19. The minimum atomic E-state index is -1.43. The summed E-state index contributed by atoms with van der Waals surface area (Å²) in [7, 11) is 0. The van der Waals surface area contributed by atoms with Crippen molar-refractivity contribution in [2.24, 2.45) is 0 Å². The number of hydrogen-bond donors (Lipinski definition) is 5. The summed E-state index contributed by atoms with van der Waals surface area (Å²) in [6.45, 7) is 1.67. The van der Waals surface area contributed by atoms with Crippen LogP contribution in [-0.2, 0) is 14.3 Å². The topological polar surface area (TPSA) is 163 Å². The summed E-state index contributed by atoms with van der Waals surface area (Å²) in [6, 6.07) is 0.598. The zero-order valence-corrected chi connectivity index (χ0v) is 22.6. The third kappa shape index (κ3) is 10.0. The van der Waals surface area contributed by atoms with Crippen LogP contribution in [0.15, 0.2) is 17.1 Å². The second-order valence-electron chi connectivity index (χ2n) is 9.35. The summed E-state index contributed by atoms with van der Waals surface area (Å²) < 4.78 is 6.34. The van der Waals surface area contributed by atoms with E-state index in [1.165, 1.54) is 44.4 Å². The van der Waals surface area contributed by atoms with Crippen LogP contribution in [0.4, 0.5) is 5.82 Å². The number of carbonyl (C=O) groups excluding carboxylic acids is 2. The van der Waals surface area contributed by atoms with Gasteiger partial charge >= 0.3 is 5.69 Å². The minimum absolute atomic E-state index is 0.00975. The van der Waals surface area contributed by atoms with Gasteiger partial charge in [-0.05, 0) is 30.9 Å². The molecule has 1 aromatic heterocycles. The van der Waals surface area contributed by atoms with Gasteiger partial charge in [-0.3, -0.25) is 14.2 Å². The summed E-state index contributed by atoms with van der Waals surface area (Å²) in [5, 5.41) is 34.7. The largest absolute Gasteiger partial charge is 0.394 e. The molecule has 0 radical (unpaired) electrons. The Bertz CT molecular complexity index is 900. The maximum atomic E-state index is 12.9. The van der Waals surface area contributed by atoms with E-state index in [0.717, 1.165) is 23.8 Å².